The highest BCUT2D eigenvalue weighted by Gasteiger charge is 2.43. The normalized spacial score (nSPS) is 27.1. The number of amides is 2. The fourth-order valence-corrected chi connectivity index (χ4v) is 4.12. The molecule has 0 atom stereocenters. The third-order valence-electron chi connectivity index (χ3n) is 6.30. The van der Waals surface area contributed by atoms with Crippen molar-refractivity contribution in [3.63, 3.8) is 0 Å². The summed E-state index contributed by atoms with van der Waals surface area (Å²) in [6.07, 6.45) is 0. The highest BCUT2D eigenvalue weighted by molar-refractivity contribution is 6.63. The maximum Gasteiger partial charge on any atom is 0.494 e. The smallest absolute Gasteiger partial charge is 0.405 e. The molecule has 12 heteroatoms. The average molecular weight is 466 g/mol. The molecule has 9 heterocycles. The molecule has 2 amide bonds. The van der Waals surface area contributed by atoms with Gasteiger partial charge in [0.25, 0.3) is 11.8 Å². The van der Waals surface area contributed by atoms with E-state index in [1.165, 1.54) is 24.3 Å². The van der Waals surface area contributed by atoms with Gasteiger partial charge < -0.3 is 39.5 Å². The molecular formula is C22H24B2N2O8. The molecule has 9 aliphatic rings. The molecule has 11 rings (SSSR count). The fraction of sp³-hybridized carbons (Fsp3) is 0.364. The zero-order chi connectivity index (χ0) is 23.8. The van der Waals surface area contributed by atoms with Crippen LogP contribution in [0.25, 0.3) is 0 Å². The minimum absolute atomic E-state index is 0.0558. The first kappa shape index (κ1) is 23.0. The molecule has 0 aromatic heterocycles. The number of aliphatic hydroxyl groups excluding tert-OH is 2. The van der Waals surface area contributed by atoms with Gasteiger partial charge in [0.15, 0.2) is 0 Å². The third-order valence-corrected chi connectivity index (χ3v) is 6.30. The Labute approximate surface area is 196 Å². The van der Waals surface area contributed by atoms with Crippen LogP contribution in [0.2, 0.25) is 0 Å². The molecule has 0 radical (unpaired) electrons. The average Bonchev–Trinajstić information content (AvgIpc) is 2.89. The number of rotatable bonds is 2. The standard InChI is InChI=1S/C22H24B2N2O8/c27-9-21-11-31-23(32-12-21)17-5-7-18(8-6-17)24-33-13-22(10-28,14-34-24)26-20(30)16-2-1-15(3-4-16)19(29)25-21/h1-8,27-28H,9-14H2,(H,25,29)(H,26,30). The monoisotopic (exact) mass is 466 g/mol. The summed E-state index contributed by atoms with van der Waals surface area (Å²) >= 11 is 0. The first-order valence-corrected chi connectivity index (χ1v) is 11.0. The molecule has 2 saturated heterocycles. The lowest BCUT2D eigenvalue weighted by Crippen LogP contribution is -2.64. The lowest BCUT2D eigenvalue weighted by molar-refractivity contribution is 0.00782. The first-order chi connectivity index (χ1) is 16.4. The molecule has 10 nitrogen and oxygen atoms in total. The van der Waals surface area contributed by atoms with Crippen LogP contribution in [0.3, 0.4) is 0 Å². The summed E-state index contributed by atoms with van der Waals surface area (Å²) in [6.45, 7) is -0.518. The van der Waals surface area contributed by atoms with Gasteiger partial charge in [-0.2, -0.15) is 0 Å². The quantitative estimate of drug-likeness (QED) is 0.367. The maximum absolute atomic E-state index is 12.8. The van der Waals surface area contributed by atoms with E-state index in [9.17, 15) is 19.8 Å². The van der Waals surface area contributed by atoms with Crippen LogP contribution < -0.4 is 21.6 Å². The number of carbonyl (C=O) groups is 2. The van der Waals surface area contributed by atoms with E-state index in [1.54, 1.807) is 0 Å². The molecule has 0 spiro atoms. The second-order valence-corrected chi connectivity index (χ2v) is 8.94. The summed E-state index contributed by atoms with van der Waals surface area (Å²) in [6, 6.07) is 13.3. The maximum atomic E-state index is 12.8. The highest BCUT2D eigenvalue weighted by atomic mass is 16.6. The molecule has 0 unspecified atom stereocenters. The zero-order valence-electron chi connectivity index (χ0n) is 18.4. The lowest BCUT2D eigenvalue weighted by Gasteiger charge is -2.39. The number of aliphatic hydroxyl groups is 2. The van der Waals surface area contributed by atoms with Gasteiger partial charge in [0.05, 0.1) is 39.6 Å². The highest BCUT2D eigenvalue weighted by Crippen LogP contribution is 2.18. The fourth-order valence-electron chi connectivity index (χ4n) is 4.12. The molecule has 0 saturated carbocycles. The van der Waals surface area contributed by atoms with E-state index in [0.29, 0.717) is 11.1 Å². The Bertz CT molecular complexity index is 966. The molecule has 176 valence electrons. The van der Waals surface area contributed by atoms with Crippen LogP contribution >= 0.6 is 0 Å². The summed E-state index contributed by atoms with van der Waals surface area (Å²) in [5.74, 6) is -0.866. The minimum atomic E-state index is -1.10. The van der Waals surface area contributed by atoms with Gasteiger partial charge in [-0.05, 0) is 35.2 Å². The predicted molar refractivity (Wildman–Crippen MR) is 122 cm³/mol. The molecule has 4 N–H and O–H groups in total. The molecule has 9 aliphatic heterocycles. The molecular weight excluding hydrogens is 442 g/mol. The van der Waals surface area contributed by atoms with Crippen molar-refractivity contribution in [2.45, 2.75) is 11.1 Å². The summed E-state index contributed by atoms with van der Waals surface area (Å²) < 4.78 is 23.3. The van der Waals surface area contributed by atoms with Crippen LogP contribution in [-0.2, 0) is 18.6 Å². The van der Waals surface area contributed by atoms with Crippen molar-refractivity contribution in [3.8, 4) is 0 Å². The second-order valence-electron chi connectivity index (χ2n) is 8.94. The topological polar surface area (TPSA) is 136 Å². The Balaban J connectivity index is 1.46. The molecule has 2 fully saturated rings. The van der Waals surface area contributed by atoms with Gasteiger partial charge in [0, 0.05) is 11.1 Å². The van der Waals surface area contributed by atoms with E-state index < -0.39 is 37.1 Å². The van der Waals surface area contributed by atoms with Gasteiger partial charge in [-0.15, -0.1) is 0 Å². The van der Waals surface area contributed by atoms with Crippen LogP contribution in [0, 0.1) is 0 Å². The van der Waals surface area contributed by atoms with Crippen molar-refractivity contribution in [1.29, 1.82) is 0 Å². The van der Waals surface area contributed by atoms with Crippen molar-refractivity contribution >= 4 is 37.0 Å². The predicted octanol–water partition coefficient (Wildman–Crippen LogP) is -2.19. The number of carbonyl (C=O) groups excluding carboxylic acids is 2. The number of hydrogen-bond donors (Lipinski definition) is 4. The summed E-state index contributed by atoms with van der Waals surface area (Å²) in [4.78, 5) is 25.7. The Morgan fingerprint density at radius 2 is 0.971 bits per heavy atom. The van der Waals surface area contributed by atoms with Crippen molar-refractivity contribution in [1.82, 2.24) is 10.6 Å². The first-order valence-electron chi connectivity index (χ1n) is 11.0. The summed E-state index contributed by atoms with van der Waals surface area (Å²) in [5.41, 5.74) is -0.0582. The van der Waals surface area contributed by atoms with Crippen LogP contribution in [0.4, 0.5) is 0 Å². The van der Waals surface area contributed by atoms with E-state index in [1.807, 2.05) is 24.3 Å². The van der Waals surface area contributed by atoms with E-state index in [2.05, 4.69) is 10.6 Å². The number of nitrogens with one attached hydrogen (secondary N) is 2. The van der Waals surface area contributed by atoms with Gasteiger partial charge in [-0.1, -0.05) is 24.3 Å². The molecule has 34 heavy (non-hydrogen) atoms. The Morgan fingerprint density at radius 3 is 1.26 bits per heavy atom. The second kappa shape index (κ2) is 9.14. The van der Waals surface area contributed by atoms with Gasteiger partial charge in [-0.25, -0.2) is 0 Å². The zero-order valence-corrected chi connectivity index (χ0v) is 18.4. The SMILES string of the molecule is O=C1NC2(CO)COB(OC2)c2ccc(cc2)B2OCC(CO)(CO2)NC(=O)c2ccc1cc2. The Hall–Kier alpha value is -2.73. The van der Waals surface area contributed by atoms with Crippen LogP contribution in [-0.4, -0.2) is 87.0 Å². The Kier molecular flexibility index (Phi) is 6.19. The van der Waals surface area contributed by atoms with Crippen molar-refractivity contribution in [2.75, 3.05) is 39.6 Å². The summed E-state index contributed by atoms with van der Waals surface area (Å²) in [7, 11) is -1.30. The van der Waals surface area contributed by atoms with Crippen molar-refractivity contribution < 1.29 is 38.4 Å². The third kappa shape index (κ3) is 4.36. The minimum Gasteiger partial charge on any atom is -0.405 e. The van der Waals surface area contributed by atoms with Crippen LogP contribution in [0.15, 0.2) is 48.5 Å². The van der Waals surface area contributed by atoms with Gasteiger partial charge in [-0.3, -0.25) is 9.59 Å². The summed E-state index contributed by atoms with van der Waals surface area (Å²) in [5, 5.41) is 25.6. The number of benzene rings is 2. The van der Waals surface area contributed by atoms with Crippen LogP contribution in [0.5, 0.6) is 0 Å². The van der Waals surface area contributed by atoms with Crippen molar-refractivity contribution in [2.24, 2.45) is 0 Å². The largest absolute Gasteiger partial charge is 0.494 e. The van der Waals surface area contributed by atoms with E-state index >= 15 is 0 Å². The molecule has 0 aliphatic carbocycles. The van der Waals surface area contributed by atoms with Gasteiger partial charge in [0.1, 0.15) is 11.1 Å². The van der Waals surface area contributed by atoms with Gasteiger partial charge >= 0.3 is 14.2 Å². The Morgan fingerprint density at radius 1 is 0.647 bits per heavy atom. The molecule has 2 aromatic carbocycles. The number of hydrogen-bond acceptors (Lipinski definition) is 8. The molecule has 2 aromatic rings. The van der Waals surface area contributed by atoms with E-state index in [-0.39, 0.29) is 39.6 Å². The van der Waals surface area contributed by atoms with E-state index in [4.69, 9.17) is 18.6 Å². The molecule has 8 bridgehead atoms. The lowest BCUT2D eigenvalue weighted by atomic mass is 9.72. The van der Waals surface area contributed by atoms with Gasteiger partial charge in [0.2, 0.25) is 0 Å². The van der Waals surface area contributed by atoms with Crippen LogP contribution in [0.1, 0.15) is 20.7 Å². The van der Waals surface area contributed by atoms with E-state index in [0.717, 1.165) is 10.9 Å². The van der Waals surface area contributed by atoms with Crippen molar-refractivity contribution in [3.05, 3.63) is 59.7 Å².